The predicted molar refractivity (Wildman–Crippen MR) is 85.9 cm³/mol. The summed E-state index contributed by atoms with van der Waals surface area (Å²) in [5.74, 6) is 0. The fourth-order valence-corrected chi connectivity index (χ4v) is 3.08. The molecule has 0 aliphatic heterocycles. The Morgan fingerprint density at radius 2 is 1.95 bits per heavy atom. The van der Waals surface area contributed by atoms with Crippen LogP contribution in [0.15, 0.2) is 53.9 Å². The smallest absolute Gasteiger partial charge is 0.124 e. The number of hydrogen-bond acceptors (Lipinski definition) is 3. The molecule has 0 unspecified atom stereocenters. The summed E-state index contributed by atoms with van der Waals surface area (Å²) in [6.45, 7) is 0.538. The van der Waals surface area contributed by atoms with Crippen molar-refractivity contribution in [1.82, 2.24) is 4.98 Å². The van der Waals surface area contributed by atoms with Gasteiger partial charge in [-0.15, -0.1) is 11.3 Å². The minimum absolute atomic E-state index is 0.538. The first kappa shape index (κ1) is 13.3. The molecule has 2 nitrogen and oxygen atoms in total. The van der Waals surface area contributed by atoms with E-state index in [1.54, 1.807) is 11.3 Å². The van der Waals surface area contributed by atoms with Crippen LogP contribution < -0.4 is 5.73 Å². The van der Waals surface area contributed by atoms with Crippen LogP contribution in [0, 0.1) is 0 Å². The molecule has 1 heterocycles. The highest BCUT2D eigenvalue weighted by molar-refractivity contribution is 7.13. The molecule has 0 aliphatic rings. The average Bonchev–Trinajstić information content (AvgIpc) is 2.97. The molecule has 0 radical (unpaired) electrons. The summed E-state index contributed by atoms with van der Waals surface area (Å²) in [6, 6.07) is 15.9. The Bertz CT molecular complexity index is 737. The van der Waals surface area contributed by atoms with Crippen LogP contribution in [0.5, 0.6) is 0 Å². The van der Waals surface area contributed by atoms with Crippen LogP contribution in [-0.4, -0.2) is 4.98 Å². The molecule has 1 aromatic heterocycles. The summed E-state index contributed by atoms with van der Waals surface area (Å²) >= 11 is 7.82. The fraction of sp³-hybridized carbons (Fsp3) is 0.0625. The number of rotatable bonds is 3. The summed E-state index contributed by atoms with van der Waals surface area (Å²) in [5, 5.41) is 3.74. The maximum absolute atomic E-state index is 6.21. The molecule has 0 spiro atoms. The third-order valence-corrected chi connectivity index (χ3v) is 4.28. The van der Waals surface area contributed by atoms with Crippen molar-refractivity contribution < 1.29 is 0 Å². The minimum atomic E-state index is 0.538. The molecule has 0 aliphatic carbocycles. The van der Waals surface area contributed by atoms with Gasteiger partial charge in [0.2, 0.25) is 0 Å². The molecular weight excluding hydrogens is 288 g/mol. The average molecular weight is 301 g/mol. The second-order valence-corrected chi connectivity index (χ2v) is 5.69. The van der Waals surface area contributed by atoms with Gasteiger partial charge < -0.3 is 5.73 Å². The third kappa shape index (κ3) is 2.61. The zero-order valence-corrected chi connectivity index (χ0v) is 12.3. The Morgan fingerprint density at radius 1 is 1.10 bits per heavy atom. The van der Waals surface area contributed by atoms with Crippen LogP contribution in [0.2, 0.25) is 5.02 Å². The van der Waals surface area contributed by atoms with E-state index in [9.17, 15) is 0 Å². The maximum atomic E-state index is 6.21. The molecule has 0 saturated carbocycles. The largest absolute Gasteiger partial charge is 0.326 e. The van der Waals surface area contributed by atoms with Crippen molar-refractivity contribution in [3.05, 3.63) is 64.5 Å². The van der Waals surface area contributed by atoms with Gasteiger partial charge in [-0.1, -0.05) is 48.0 Å². The van der Waals surface area contributed by atoms with Crippen molar-refractivity contribution >= 4 is 22.9 Å². The highest BCUT2D eigenvalue weighted by Gasteiger charge is 2.09. The third-order valence-electron chi connectivity index (χ3n) is 3.06. The Morgan fingerprint density at radius 3 is 2.75 bits per heavy atom. The number of nitrogens with two attached hydrogens (primary N) is 1. The lowest BCUT2D eigenvalue weighted by molar-refractivity contribution is 1.07. The highest BCUT2D eigenvalue weighted by atomic mass is 35.5. The van der Waals surface area contributed by atoms with Crippen molar-refractivity contribution in [2.45, 2.75) is 6.54 Å². The lowest BCUT2D eigenvalue weighted by Gasteiger charge is -2.01. The molecule has 3 aromatic rings. The van der Waals surface area contributed by atoms with Crippen molar-refractivity contribution in [3.8, 4) is 21.8 Å². The van der Waals surface area contributed by atoms with E-state index >= 15 is 0 Å². The molecule has 0 fully saturated rings. The zero-order chi connectivity index (χ0) is 13.9. The van der Waals surface area contributed by atoms with E-state index < -0.39 is 0 Å². The number of halogens is 1. The molecule has 0 amide bonds. The SMILES string of the molecule is NCc1cccc(-c2nc(-c3ccccc3Cl)cs2)c1. The number of thiazole rings is 1. The maximum Gasteiger partial charge on any atom is 0.124 e. The van der Waals surface area contributed by atoms with Crippen LogP contribution in [0.25, 0.3) is 21.8 Å². The van der Waals surface area contributed by atoms with Crippen LogP contribution in [0.3, 0.4) is 0 Å². The van der Waals surface area contributed by atoms with Gasteiger partial charge in [0.1, 0.15) is 5.01 Å². The van der Waals surface area contributed by atoms with Gasteiger partial charge in [-0.05, 0) is 17.7 Å². The molecule has 3 rings (SSSR count). The van der Waals surface area contributed by atoms with Gasteiger partial charge in [0.15, 0.2) is 0 Å². The van der Waals surface area contributed by atoms with Gasteiger partial charge in [0.05, 0.1) is 5.69 Å². The zero-order valence-electron chi connectivity index (χ0n) is 10.7. The first-order chi connectivity index (χ1) is 9.78. The number of nitrogens with zero attached hydrogens (tertiary/aromatic N) is 1. The first-order valence-corrected chi connectivity index (χ1v) is 7.53. The Hall–Kier alpha value is -1.68. The molecule has 2 aromatic carbocycles. The van der Waals surface area contributed by atoms with Crippen molar-refractivity contribution in [2.24, 2.45) is 5.73 Å². The lowest BCUT2D eigenvalue weighted by Crippen LogP contribution is -1.95. The quantitative estimate of drug-likeness (QED) is 0.768. The van der Waals surface area contributed by atoms with E-state index in [0.717, 1.165) is 32.4 Å². The van der Waals surface area contributed by atoms with E-state index in [1.807, 2.05) is 47.8 Å². The molecule has 0 atom stereocenters. The molecular formula is C16H13ClN2S. The van der Waals surface area contributed by atoms with Gasteiger partial charge in [0.25, 0.3) is 0 Å². The predicted octanol–water partition coefficient (Wildman–Crippen LogP) is 4.59. The van der Waals surface area contributed by atoms with Crippen molar-refractivity contribution in [1.29, 1.82) is 0 Å². The lowest BCUT2D eigenvalue weighted by atomic mass is 10.1. The van der Waals surface area contributed by atoms with Gasteiger partial charge in [0, 0.05) is 28.1 Å². The summed E-state index contributed by atoms with van der Waals surface area (Å²) in [4.78, 5) is 4.68. The molecule has 0 bridgehead atoms. The number of aromatic nitrogens is 1. The summed E-state index contributed by atoms with van der Waals surface area (Å²) in [7, 11) is 0. The normalized spacial score (nSPS) is 10.7. The van der Waals surface area contributed by atoms with Crippen LogP contribution in [0.1, 0.15) is 5.56 Å². The second-order valence-electron chi connectivity index (χ2n) is 4.42. The van der Waals surface area contributed by atoms with Crippen LogP contribution in [0.4, 0.5) is 0 Å². The standard InChI is InChI=1S/C16H13ClN2S/c17-14-7-2-1-6-13(14)15-10-20-16(19-15)12-5-3-4-11(8-12)9-18/h1-8,10H,9,18H2. The van der Waals surface area contributed by atoms with Gasteiger partial charge >= 0.3 is 0 Å². The number of benzene rings is 2. The van der Waals surface area contributed by atoms with Gasteiger partial charge in [-0.25, -0.2) is 4.98 Å². The van der Waals surface area contributed by atoms with Crippen LogP contribution in [-0.2, 0) is 6.54 Å². The minimum Gasteiger partial charge on any atom is -0.326 e. The molecule has 20 heavy (non-hydrogen) atoms. The van der Waals surface area contributed by atoms with Crippen LogP contribution >= 0.6 is 22.9 Å². The topological polar surface area (TPSA) is 38.9 Å². The summed E-state index contributed by atoms with van der Waals surface area (Å²) < 4.78 is 0. The Labute approximate surface area is 126 Å². The first-order valence-electron chi connectivity index (χ1n) is 6.28. The van der Waals surface area contributed by atoms with E-state index in [1.165, 1.54) is 0 Å². The van der Waals surface area contributed by atoms with Gasteiger partial charge in [-0.3, -0.25) is 0 Å². The second kappa shape index (κ2) is 5.75. The van der Waals surface area contributed by atoms with Gasteiger partial charge in [-0.2, -0.15) is 0 Å². The monoisotopic (exact) mass is 300 g/mol. The van der Waals surface area contributed by atoms with E-state index in [4.69, 9.17) is 17.3 Å². The van der Waals surface area contributed by atoms with E-state index in [2.05, 4.69) is 11.1 Å². The number of hydrogen-bond donors (Lipinski definition) is 1. The Balaban J connectivity index is 2.00. The van der Waals surface area contributed by atoms with E-state index in [-0.39, 0.29) is 0 Å². The van der Waals surface area contributed by atoms with E-state index in [0.29, 0.717) is 6.54 Å². The Kier molecular flexibility index (Phi) is 3.83. The molecule has 2 N–H and O–H groups in total. The highest BCUT2D eigenvalue weighted by Crippen LogP contribution is 2.32. The molecule has 0 saturated heterocycles. The molecule has 4 heteroatoms. The van der Waals surface area contributed by atoms with Crippen molar-refractivity contribution in [2.75, 3.05) is 0 Å². The summed E-state index contributed by atoms with van der Waals surface area (Å²) in [5.41, 5.74) is 9.76. The summed E-state index contributed by atoms with van der Waals surface area (Å²) in [6.07, 6.45) is 0. The van der Waals surface area contributed by atoms with Crippen molar-refractivity contribution in [3.63, 3.8) is 0 Å². The fourth-order valence-electron chi connectivity index (χ4n) is 2.03. The molecule has 100 valence electrons.